The molecule has 0 bridgehead atoms. The average molecular weight is 422 g/mol. The molecule has 26 heavy (non-hydrogen) atoms. The van der Waals surface area contributed by atoms with Gasteiger partial charge in [0.2, 0.25) is 5.91 Å². The summed E-state index contributed by atoms with van der Waals surface area (Å²) in [5, 5.41) is 8.16. The molecule has 0 saturated carbocycles. The molecule has 0 aromatic heterocycles. The number of amides is 3. The van der Waals surface area contributed by atoms with Crippen LogP contribution in [0.4, 0.5) is 14.9 Å². The standard InChI is InChI=1S/C19H21BrFN3O2/c1-2-3-17(18(25)23-16-10-6-14(20)7-11-16)24-19(26)22-12-13-4-8-15(21)9-5-13/h4-11,17H,2-3,12H2,1H3,(H,23,25)(H2,22,24,26). The van der Waals surface area contributed by atoms with Crippen molar-refractivity contribution in [3.05, 3.63) is 64.4 Å². The first kappa shape index (κ1) is 19.9. The van der Waals surface area contributed by atoms with Crippen molar-refractivity contribution < 1.29 is 14.0 Å². The third-order valence-electron chi connectivity index (χ3n) is 3.68. The molecule has 0 aliphatic rings. The van der Waals surface area contributed by atoms with Gasteiger partial charge in [-0.15, -0.1) is 0 Å². The Morgan fingerprint density at radius 3 is 2.35 bits per heavy atom. The molecule has 0 spiro atoms. The van der Waals surface area contributed by atoms with Crippen LogP contribution in [0, 0.1) is 5.82 Å². The Kier molecular flexibility index (Phi) is 7.59. The van der Waals surface area contributed by atoms with Crippen molar-refractivity contribution in [1.29, 1.82) is 0 Å². The van der Waals surface area contributed by atoms with Crippen LogP contribution in [0.2, 0.25) is 0 Å². The van der Waals surface area contributed by atoms with E-state index in [4.69, 9.17) is 0 Å². The monoisotopic (exact) mass is 421 g/mol. The largest absolute Gasteiger partial charge is 0.334 e. The van der Waals surface area contributed by atoms with E-state index >= 15 is 0 Å². The number of hydrogen-bond donors (Lipinski definition) is 3. The van der Waals surface area contributed by atoms with E-state index in [1.165, 1.54) is 12.1 Å². The molecule has 3 amide bonds. The van der Waals surface area contributed by atoms with E-state index in [1.807, 2.05) is 19.1 Å². The molecule has 1 atom stereocenters. The minimum Gasteiger partial charge on any atom is -0.334 e. The quantitative estimate of drug-likeness (QED) is 0.626. The molecule has 2 rings (SSSR count). The second-order valence-corrected chi connectivity index (χ2v) is 6.71. The highest BCUT2D eigenvalue weighted by Gasteiger charge is 2.20. The summed E-state index contributed by atoms with van der Waals surface area (Å²) in [6, 6.07) is 12.0. The number of carbonyl (C=O) groups excluding carboxylic acids is 2. The van der Waals surface area contributed by atoms with Gasteiger partial charge in [-0.1, -0.05) is 41.4 Å². The average Bonchev–Trinajstić information content (AvgIpc) is 2.63. The van der Waals surface area contributed by atoms with Crippen molar-refractivity contribution in [3.63, 3.8) is 0 Å². The molecule has 138 valence electrons. The van der Waals surface area contributed by atoms with Crippen molar-refractivity contribution in [2.75, 3.05) is 5.32 Å². The smallest absolute Gasteiger partial charge is 0.315 e. The summed E-state index contributed by atoms with van der Waals surface area (Å²) < 4.78 is 13.8. The molecule has 7 heteroatoms. The predicted molar refractivity (Wildman–Crippen MR) is 103 cm³/mol. The third kappa shape index (κ3) is 6.48. The van der Waals surface area contributed by atoms with Crippen molar-refractivity contribution in [1.82, 2.24) is 10.6 Å². The third-order valence-corrected chi connectivity index (χ3v) is 4.21. The molecule has 2 aromatic carbocycles. The normalized spacial score (nSPS) is 11.5. The van der Waals surface area contributed by atoms with Gasteiger partial charge in [0.15, 0.2) is 0 Å². The summed E-state index contributed by atoms with van der Waals surface area (Å²) in [5.74, 6) is -0.600. The molecule has 0 saturated heterocycles. The zero-order valence-electron chi connectivity index (χ0n) is 14.4. The Labute approximate surface area is 160 Å². The highest BCUT2D eigenvalue weighted by Crippen LogP contribution is 2.14. The number of benzene rings is 2. The zero-order valence-corrected chi connectivity index (χ0v) is 16.0. The van der Waals surface area contributed by atoms with Gasteiger partial charge >= 0.3 is 6.03 Å². The summed E-state index contributed by atoms with van der Waals surface area (Å²) in [6.07, 6.45) is 1.27. The van der Waals surface area contributed by atoms with Crippen LogP contribution in [-0.4, -0.2) is 18.0 Å². The SMILES string of the molecule is CCCC(NC(=O)NCc1ccc(F)cc1)C(=O)Nc1ccc(Br)cc1. The Hall–Kier alpha value is -2.41. The molecule has 0 aliphatic carbocycles. The van der Waals surface area contributed by atoms with Gasteiger partial charge in [0.05, 0.1) is 0 Å². The van der Waals surface area contributed by atoms with Gasteiger partial charge in [-0.25, -0.2) is 9.18 Å². The van der Waals surface area contributed by atoms with Crippen LogP contribution in [0.1, 0.15) is 25.3 Å². The lowest BCUT2D eigenvalue weighted by molar-refractivity contribution is -0.118. The number of nitrogens with one attached hydrogen (secondary N) is 3. The number of carbonyl (C=O) groups is 2. The molecule has 2 aromatic rings. The lowest BCUT2D eigenvalue weighted by atomic mass is 10.1. The number of urea groups is 1. The molecule has 3 N–H and O–H groups in total. The van der Waals surface area contributed by atoms with Gasteiger partial charge < -0.3 is 16.0 Å². The molecule has 0 heterocycles. The molecule has 1 unspecified atom stereocenters. The van der Waals surface area contributed by atoms with Crippen LogP contribution in [-0.2, 0) is 11.3 Å². The van der Waals surface area contributed by atoms with Crippen LogP contribution in [0.3, 0.4) is 0 Å². The minimum atomic E-state index is -0.642. The maximum atomic E-state index is 12.9. The molecular formula is C19H21BrFN3O2. The van der Waals surface area contributed by atoms with Gasteiger partial charge in [-0.2, -0.15) is 0 Å². The van der Waals surface area contributed by atoms with E-state index in [9.17, 15) is 14.0 Å². The highest BCUT2D eigenvalue weighted by molar-refractivity contribution is 9.10. The van der Waals surface area contributed by atoms with Crippen molar-refractivity contribution in [2.24, 2.45) is 0 Å². The summed E-state index contributed by atoms with van der Waals surface area (Å²) in [4.78, 5) is 24.5. The van der Waals surface area contributed by atoms with E-state index in [0.717, 1.165) is 16.5 Å². The second kappa shape index (κ2) is 9.91. The van der Waals surface area contributed by atoms with Crippen LogP contribution < -0.4 is 16.0 Å². The number of halogens is 2. The number of hydrogen-bond acceptors (Lipinski definition) is 2. The van der Waals surface area contributed by atoms with Crippen molar-refractivity contribution in [3.8, 4) is 0 Å². The maximum absolute atomic E-state index is 12.9. The molecule has 0 radical (unpaired) electrons. The maximum Gasteiger partial charge on any atom is 0.315 e. The van der Waals surface area contributed by atoms with E-state index in [1.54, 1.807) is 24.3 Å². The first-order valence-corrected chi connectivity index (χ1v) is 9.12. The minimum absolute atomic E-state index is 0.249. The summed E-state index contributed by atoms with van der Waals surface area (Å²) >= 11 is 3.34. The van der Waals surface area contributed by atoms with Crippen molar-refractivity contribution >= 4 is 33.6 Å². The van der Waals surface area contributed by atoms with Gasteiger partial charge in [0.1, 0.15) is 11.9 Å². The van der Waals surface area contributed by atoms with E-state index in [0.29, 0.717) is 12.1 Å². The van der Waals surface area contributed by atoms with E-state index in [2.05, 4.69) is 31.9 Å². The van der Waals surface area contributed by atoms with Gasteiger partial charge in [0, 0.05) is 16.7 Å². The van der Waals surface area contributed by atoms with E-state index < -0.39 is 12.1 Å². The first-order chi connectivity index (χ1) is 12.5. The summed E-state index contributed by atoms with van der Waals surface area (Å²) in [5.41, 5.74) is 1.43. The van der Waals surface area contributed by atoms with Crippen LogP contribution in [0.15, 0.2) is 53.0 Å². The molecule has 0 aliphatic heterocycles. The van der Waals surface area contributed by atoms with Crippen molar-refractivity contribution in [2.45, 2.75) is 32.4 Å². The van der Waals surface area contributed by atoms with Crippen LogP contribution >= 0.6 is 15.9 Å². The topological polar surface area (TPSA) is 70.2 Å². The lowest BCUT2D eigenvalue weighted by Crippen LogP contribution is -2.47. The Morgan fingerprint density at radius 2 is 1.73 bits per heavy atom. The van der Waals surface area contributed by atoms with Crippen LogP contribution in [0.5, 0.6) is 0 Å². The van der Waals surface area contributed by atoms with Gasteiger partial charge in [-0.3, -0.25) is 4.79 Å². The number of anilines is 1. The fraction of sp³-hybridized carbons (Fsp3) is 0.263. The molecule has 5 nitrogen and oxygen atoms in total. The lowest BCUT2D eigenvalue weighted by Gasteiger charge is -2.18. The Bertz CT molecular complexity index is 735. The fourth-order valence-electron chi connectivity index (χ4n) is 2.31. The fourth-order valence-corrected chi connectivity index (χ4v) is 2.58. The number of rotatable bonds is 7. The first-order valence-electron chi connectivity index (χ1n) is 8.33. The zero-order chi connectivity index (χ0) is 18.9. The molecule has 0 fully saturated rings. The predicted octanol–water partition coefficient (Wildman–Crippen LogP) is 4.19. The van der Waals surface area contributed by atoms with Gasteiger partial charge in [-0.05, 0) is 48.4 Å². The van der Waals surface area contributed by atoms with Crippen LogP contribution in [0.25, 0.3) is 0 Å². The van der Waals surface area contributed by atoms with E-state index in [-0.39, 0.29) is 18.3 Å². The Balaban J connectivity index is 1.88. The Morgan fingerprint density at radius 1 is 1.08 bits per heavy atom. The second-order valence-electron chi connectivity index (χ2n) is 5.79. The highest BCUT2D eigenvalue weighted by atomic mass is 79.9. The molecular weight excluding hydrogens is 401 g/mol. The van der Waals surface area contributed by atoms with Gasteiger partial charge in [0.25, 0.3) is 0 Å². The summed E-state index contributed by atoms with van der Waals surface area (Å²) in [7, 11) is 0. The summed E-state index contributed by atoms with van der Waals surface area (Å²) in [6.45, 7) is 2.19.